The number of ketones is 1. The first kappa shape index (κ1) is 23.3. The Bertz CT molecular complexity index is 1180. The monoisotopic (exact) mass is 463 g/mol. The first-order valence-electron chi connectivity index (χ1n) is 11.2. The molecule has 1 aliphatic heterocycles. The second-order valence-electron chi connectivity index (χ2n) is 9.05. The van der Waals surface area contributed by atoms with Crippen LogP contribution in [0.2, 0.25) is 0 Å². The minimum atomic E-state index is -0.943. The number of fused-ring (bicyclic) bond motifs is 1. The van der Waals surface area contributed by atoms with Gasteiger partial charge in [-0.15, -0.1) is 0 Å². The minimum absolute atomic E-state index is 0.256. The van der Waals surface area contributed by atoms with Crippen LogP contribution < -0.4 is 0 Å². The number of nitro benzene ring substituents is 1. The van der Waals surface area contributed by atoms with Gasteiger partial charge >= 0.3 is 0 Å². The first-order chi connectivity index (χ1) is 16.2. The molecule has 0 radical (unpaired) electrons. The Hall–Kier alpha value is -3.88. The van der Waals surface area contributed by atoms with Gasteiger partial charge in [0.2, 0.25) is 0 Å². The average molecular weight is 463 g/mol. The molecule has 0 N–H and O–H groups in total. The Morgan fingerprint density at radius 3 is 2.35 bits per heavy atom. The number of carbonyl (C=O) groups is 4. The summed E-state index contributed by atoms with van der Waals surface area (Å²) in [7, 11) is 0. The van der Waals surface area contributed by atoms with E-state index in [1.54, 1.807) is 24.3 Å². The average Bonchev–Trinajstić information content (AvgIpc) is 3.06. The lowest BCUT2D eigenvalue weighted by Gasteiger charge is -2.30. The van der Waals surface area contributed by atoms with Gasteiger partial charge in [-0.1, -0.05) is 48.9 Å². The molecule has 0 aromatic heterocycles. The number of aryl methyl sites for hydroxylation is 1. The number of imide groups is 1. The van der Waals surface area contributed by atoms with Crippen molar-refractivity contribution < 1.29 is 24.1 Å². The smallest absolute Gasteiger partial charge is 0.282 e. The fourth-order valence-electron chi connectivity index (χ4n) is 4.76. The second-order valence-corrected chi connectivity index (χ2v) is 9.05. The van der Waals surface area contributed by atoms with Gasteiger partial charge in [0.25, 0.3) is 23.4 Å². The number of amides is 3. The molecular weight excluding hydrogens is 438 g/mol. The molecule has 2 aromatic rings. The molecule has 2 aromatic carbocycles. The van der Waals surface area contributed by atoms with E-state index in [0.29, 0.717) is 18.4 Å². The van der Waals surface area contributed by atoms with Crippen molar-refractivity contribution in [3.8, 4) is 0 Å². The summed E-state index contributed by atoms with van der Waals surface area (Å²) in [4.78, 5) is 64.1. The zero-order valence-electron chi connectivity index (χ0n) is 19.0. The van der Waals surface area contributed by atoms with Crippen molar-refractivity contribution in [3.63, 3.8) is 0 Å². The number of benzene rings is 2. The van der Waals surface area contributed by atoms with E-state index < -0.39 is 52.5 Å². The highest BCUT2D eigenvalue weighted by Crippen LogP contribution is 2.41. The van der Waals surface area contributed by atoms with Gasteiger partial charge in [0.15, 0.2) is 5.78 Å². The number of para-hydroxylation sites is 1. The summed E-state index contributed by atoms with van der Waals surface area (Å²) >= 11 is 0. The molecule has 3 atom stereocenters. The standard InChI is InChI=1S/C25H25N3O6/c1-15-7-10-17(11-8-15)22(29)14-26(23(30)19-5-3-4-6-21(19)28(33)34)27-24(31)18-12-9-16(2)13-20(18)25(27)32/h3-8,10-11,16,18,20H,9,12-14H2,1-2H3/t16-,18-,20-/m1/s1. The molecular formula is C25H25N3O6. The van der Waals surface area contributed by atoms with E-state index in [1.807, 2.05) is 13.8 Å². The van der Waals surface area contributed by atoms with Crippen LogP contribution in [0.4, 0.5) is 5.69 Å². The number of hydrogen-bond donors (Lipinski definition) is 0. The highest BCUT2D eigenvalue weighted by atomic mass is 16.6. The van der Waals surface area contributed by atoms with Crippen molar-refractivity contribution in [2.24, 2.45) is 17.8 Å². The summed E-state index contributed by atoms with van der Waals surface area (Å²) < 4.78 is 0. The van der Waals surface area contributed by atoms with E-state index in [-0.39, 0.29) is 11.5 Å². The summed E-state index contributed by atoms with van der Waals surface area (Å²) in [5, 5.41) is 13.1. The van der Waals surface area contributed by atoms with Crippen LogP contribution in [0.3, 0.4) is 0 Å². The molecule has 0 spiro atoms. The third-order valence-electron chi connectivity index (χ3n) is 6.64. The fourth-order valence-corrected chi connectivity index (χ4v) is 4.76. The second kappa shape index (κ2) is 9.17. The highest BCUT2D eigenvalue weighted by molar-refractivity contribution is 6.10. The molecule has 1 saturated carbocycles. The summed E-state index contributed by atoms with van der Waals surface area (Å²) in [5.41, 5.74) is 0.474. The molecule has 4 rings (SSSR count). The Balaban J connectivity index is 1.74. The third kappa shape index (κ3) is 4.21. The van der Waals surface area contributed by atoms with Crippen molar-refractivity contribution in [2.45, 2.75) is 33.1 Å². The van der Waals surface area contributed by atoms with Crippen molar-refractivity contribution in [1.29, 1.82) is 0 Å². The van der Waals surface area contributed by atoms with E-state index in [4.69, 9.17) is 0 Å². The van der Waals surface area contributed by atoms with E-state index in [1.165, 1.54) is 24.3 Å². The number of hydrazine groups is 1. The third-order valence-corrected chi connectivity index (χ3v) is 6.64. The van der Waals surface area contributed by atoms with E-state index >= 15 is 0 Å². The van der Waals surface area contributed by atoms with Crippen molar-refractivity contribution in [1.82, 2.24) is 10.0 Å². The van der Waals surface area contributed by atoms with Gasteiger partial charge in [0.1, 0.15) is 12.1 Å². The zero-order chi connectivity index (χ0) is 24.6. The molecule has 34 heavy (non-hydrogen) atoms. The first-order valence-corrected chi connectivity index (χ1v) is 11.2. The molecule has 3 amide bonds. The SMILES string of the molecule is Cc1ccc(C(=O)CN(C(=O)c2ccccc2[N+](=O)[O-])N2C(=O)[C@@H]3CC[C@@H](C)C[C@H]3C2=O)cc1. The minimum Gasteiger partial charge on any atom is -0.292 e. The van der Waals surface area contributed by atoms with Gasteiger partial charge in [0, 0.05) is 11.6 Å². The molecule has 9 nitrogen and oxygen atoms in total. The molecule has 1 saturated heterocycles. The number of carbonyl (C=O) groups excluding carboxylic acids is 4. The van der Waals surface area contributed by atoms with E-state index in [0.717, 1.165) is 22.0 Å². The Labute approximate surface area is 196 Å². The van der Waals surface area contributed by atoms with Crippen molar-refractivity contribution in [2.75, 3.05) is 6.54 Å². The van der Waals surface area contributed by atoms with Gasteiger partial charge in [-0.3, -0.25) is 29.3 Å². The quantitative estimate of drug-likeness (QED) is 0.280. The number of nitrogens with zero attached hydrogens (tertiary/aromatic N) is 3. The lowest BCUT2D eigenvalue weighted by Crippen LogP contribution is -2.52. The predicted molar refractivity (Wildman–Crippen MR) is 121 cm³/mol. The molecule has 0 unspecified atom stereocenters. The van der Waals surface area contributed by atoms with Crippen LogP contribution in [0.25, 0.3) is 0 Å². The molecule has 9 heteroatoms. The van der Waals surface area contributed by atoms with Gasteiger partial charge in [0.05, 0.1) is 16.8 Å². The Morgan fingerprint density at radius 1 is 1.03 bits per heavy atom. The molecule has 176 valence electrons. The van der Waals surface area contributed by atoms with Crippen LogP contribution in [0.1, 0.15) is 52.5 Å². The Kier molecular flexibility index (Phi) is 6.28. The summed E-state index contributed by atoms with van der Waals surface area (Å²) in [6, 6.07) is 12.0. The fraction of sp³-hybridized carbons (Fsp3) is 0.360. The zero-order valence-corrected chi connectivity index (χ0v) is 19.0. The molecule has 2 aliphatic rings. The number of rotatable bonds is 6. The van der Waals surface area contributed by atoms with E-state index in [2.05, 4.69) is 0 Å². The van der Waals surface area contributed by atoms with Crippen molar-refractivity contribution in [3.05, 3.63) is 75.3 Å². The van der Waals surface area contributed by atoms with Crippen LogP contribution in [-0.2, 0) is 9.59 Å². The lowest BCUT2D eigenvalue weighted by atomic mass is 9.76. The number of Topliss-reactive ketones (excluding diaryl/α,β-unsaturated/α-hetero) is 1. The molecule has 1 heterocycles. The van der Waals surface area contributed by atoms with Crippen LogP contribution in [0.15, 0.2) is 48.5 Å². The normalized spacial score (nSPS) is 21.8. The van der Waals surface area contributed by atoms with Crippen LogP contribution in [0.5, 0.6) is 0 Å². The molecule has 2 fully saturated rings. The lowest BCUT2D eigenvalue weighted by molar-refractivity contribution is -0.385. The van der Waals surface area contributed by atoms with Gasteiger partial charge < -0.3 is 0 Å². The van der Waals surface area contributed by atoms with Crippen LogP contribution >= 0.6 is 0 Å². The molecule has 0 bridgehead atoms. The maximum Gasteiger partial charge on any atom is 0.282 e. The number of hydrogen-bond acceptors (Lipinski definition) is 6. The number of nitro groups is 1. The van der Waals surface area contributed by atoms with Crippen molar-refractivity contribution >= 4 is 29.2 Å². The maximum atomic E-state index is 13.6. The largest absolute Gasteiger partial charge is 0.292 e. The van der Waals surface area contributed by atoms with Gasteiger partial charge in [-0.2, -0.15) is 5.01 Å². The van der Waals surface area contributed by atoms with E-state index in [9.17, 15) is 29.3 Å². The van der Waals surface area contributed by atoms with Gasteiger partial charge in [-0.05, 0) is 38.2 Å². The Morgan fingerprint density at radius 2 is 1.68 bits per heavy atom. The van der Waals surface area contributed by atoms with Crippen LogP contribution in [-0.4, -0.2) is 45.0 Å². The predicted octanol–water partition coefficient (Wildman–Crippen LogP) is 3.56. The molecule has 1 aliphatic carbocycles. The summed E-state index contributed by atoms with van der Waals surface area (Å²) in [5.74, 6) is -3.37. The maximum absolute atomic E-state index is 13.6. The topological polar surface area (TPSA) is 118 Å². The highest BCUT2D eigenvalue weighted by Gasteiger charge is 2.53. The van der Waals surface area contributed by atoms with Crippen LogP contribution in [0, 0.1) is 34.8 Å². The summed E-state index contributed by atoms with van der Waals surface area (Å²) in [6.45, 7) is 3.27. The van der Waals surface area contributed by atoms with Gasteiger partial charge in [-0.25, -0.2) is 5.01 Å². The summed E-state index contributed by atoms with van der Waals surface area (Å²) in [6.07, 6.45) is 1.83.